The zero-order valence-corrected chi connectivity index (χ0v) is 15.8. The zero-order valence-electron chi connectivity index (χ0n) is 15.8. The number of benzene rings is 1. The molecule has 0 radical (unpaired) electrons. The molecule has 3 rings (SSSR count). The fourth-order valence-electron chi connectivity index (χ4n) is 2.75. The van der Waals surface area contributed by atoms with Crippen LogP contribution in [0.1, 0.15) is 30.8 Å². The van der Waals surface area contributed by atoms with Gasteiger partial charge in [0.15, 0.2) is 17.4 Å². The molecule has 7 heteroatoms. The third-order valence-corrected chi connectivity index (χ3v) is 4.27. The van der Waals surface area contributed by atoms with Crippen LogP contribution in [0, 0.1) is 0 Å². The van der Waals surface area contributed by atoms with E-state index in [0.717, 1.165) is 30.4 Å². The smallest absolute Gasteiger partial charge is 0.191 e. The normalized spacial score (nSPS) is 12.9. The van der Waals surface area contributed by atoms with E-state index in [-0.39, 0.29) is 6.10 Å². The Hall–Kier alpha value is -2.93. The monoisotopic (exact) mass is 366 g/mol. The average molecular weight is 366 g/mol. The molecule has 0 bridgehead atoms. The van der Waals surface area contributed by atoms with Gasteiger partial charge in [0.2, 0.25) is 0 Å². The lowest BCUT2D eigenvalue weighted by Crippen LogP contribution is -2.38. The Morgan fingerprint density at radius 2 is 1.93 bits per heavy atom. The van der Waals surface area contributed by atoms with E-state index >= 15 is 0 Å². The molecule has 0 aliphatic heterocycles. The number of aromatic nitrogens is 3. The minimum Gasteiger partial charge on any atom is -0.374 e. The molecule has 2 N–H and O–H groups in total. The first-order valence-electron chi connectivity index (χ1n) is 9.17. The maximum atomic E-state index is 5.89. The van der Waals surface area contributed by atoms with Gasteiger partial charge in [-0.25, -0.2) is 0 Å². The summed E-state index contributed by atoms with van der Waals surface area (Å²) in [6.07, 6.45) is 2.95. The van der Waals surface area contributed by atoms with Crippen molar-refractivity contribution in [2.45, 2.75) is 26.0 Å². The molecule has 1 aromatic carbocycles. The average Bonchev–Trinajstić information content (AvgIpc) is 3.13. The highest BCUT2D eigenvalue weighted by Gasteiger charge is 2.06. The molecule has 0 fully saturated rings. The second-order valence-electron chi connectivity index (χ2n) is 6.17. The van der Waals surface area contributed by atoms with E-state index in [9.17, 15) is 0 Å². The van der Waals surface area contributed by atoms with Gasteiger partial charge in [-0.1, -0.05) is 36.4 Å². The van der Waals surface area contributed by atoms with Gasteiger partial charge in [-0.05, 0) is 31.0 Å². The first kappa shape index (κ1) is 18.8. The van der Waals surface area contributed by atoms with Crippen LogP contribution in [-0.2, 0) is 11.3 Å². The second kappa shape index (κ2) is 9.68. The van der Waals surface area contributed by atoms with Gasteiger partial charge in [-0.3, -0.25) is 9.39 Å². The fraction of sp³-hybridized carbons (Fsp3) is 0.350. The number of guanidine groups is 1. The molecule has 1 atom stereocenters. The van der Waals surface area contributed by atoms with Gasteiger partial charge in [0, 0.05) is 26.4 Å². The van der Waals surface area contributed by atoms with Crippen molar-refractivity contribution in [3.8, 4) is 0 Å². The summed E-state index contributed by atoms with van der Waals surface area (Å²) < 4.78 is 7.85. The summed E-state index contributed by atoms with van der Waals surface area (Å²) >= 11 is 0. The first-order chi connectivity index (χ1) is 13.3. The summed E-state index contributed by atoms with van der Waals surface area (Å²) in [5, 5.41) is 14.9. The molecular formula is C20H26N6O. The van der Waals surface area contributed by atoms with E-state index in [0.29, 0.717) is 13.2 Å². The van der Waals surface area contributed by atoms with Crippen molar-refractivity contribution >= 4 is 11.6 Å². The number of nitrogens with zero attached hydrogens (tertiary/aromatic N) is 4. The van der Waals surface area contributed by atoms with E-state index in [2.05, 4.69) is 44.9 Å². The first-order valence-corrected chi connectivity index (χ1v) is 9.17. The van der Waals surface area contributed by atoms with E-state index in [1.54, 1.807) is 7.05 Å². The summed E-state index contributed by atoms with van der Waals surface area (Å²) in [5.74, 6) is 1.58. The Morgan fingerprint density at radius 3 is 2.74 bits per heavy atom. The lowest BCUT2D eigenvalue weighted by Gasteiger charge is -2.14. The topological polar surface area (TPSA) is 75.8 Å². The van der Waals surface area contributed by atoms with Gasteiger partial charge in [0.25, 0.3) is 0 Å². The van der Waals surface area contributed by atoms with Crippen molar-refractivity contribution in [3.05, 3.63) is 66.1 Å². The van der Waals surface area contributed by atoms with Crippen LogP contribution in [0.4, 0.5) is 0 Å². The van der Waals surface area contributed by atoms with Crippen LogP contribution in [0.25, 0.3) is 5.65 Å². The van der Waals surface area contributed by atoms with Crippen LogP contribution in [0.15, 0.2) is 59.7 Å². The number of rotatable bonds is 8. The lowest BCUT2D eigenvalue weighted by atomic mass is 10.1. The molecule has 0 saturated heterocycles. The number of nitrogens with one attached hydrogen (secondary N) is 2. The van der Waals surface area contributed by atoms with E-state index in [1.807, 2.05) is 47.0 Å². The molecule has 142 valence electrons. The van der Waals surface area contributed by atoms with E-state index < -0.39 is 0 Å². The van der Waals surface area contributed by atoms with Crippen molar-refractivity contribution < 1.29 is 4.74 Å². The Labute approximate surface area is 159 Å². The van der Waals surface area contributed by atoms with Crippen LogP contribution in [0.5, 0.6) is 0 Å². The van der Waals surface area contributed by atoms with Gasteiger partial charge in [0.1, 0.15) is 0 Å². The third kappa shape index (κ3) is 5.27. The largest absolute Gasteiger partial charge is 0.374 e. The van der Waals surface area contributed by atoms with Gasteiger partial charge in [0.05, 0.1) is 12.6 Å². The molecule has 0 aliphatic carbocycles. The Balaban J connectivity index is 1.37. The number of pyridine rings is 1. The van der Waals surface area contributed by atoms with Crippen molar-refractivity contribution in [1.82, 2.24) is 25.2 Å². The minimum absolute atomic E-state index is 0.102. The second-order valence-corrected chi connectivity index (χ2v) is 6.17. The molecule has 0 amide bonds. The molecule has 1 unspecified atom stereocenters. The van der Waals surface area contributed by atoms with Crippen LogP contribution >= 0.6 is 0 Å². The zero-order chi connectivity index (χ0) is 18.9. The Kier molecular flexibility index (Phi) is 6.76. The molecule has 3 aromatic rings. The number of hydrogen-bond donors (Lipinski definition) is 2. The van der Waals surface area contributed by atoms with Crippen LogP contribution in [0.2, 0.25) is 0 Å². The van der Waals surface area contributed by atoms with Crippen LogP contribution in [-0.4, -0.2) is 40.8 Å². The van der Waals surface area contributed by atoms with Crippen molar-refractivity contribution in [2.75, 3.05) is 20.2 Å². The van der Waals surface area contributed by atoms with Gasteiger partial charge in [-0.2, -0.15) is 0 Å². The number of ether oxygens (including phenoxy) is 1. The predicted molar refractivity (Wildman–Crippen MR) is 107 cm³/mol. The highest BCUT2D eigenvalue weighted by atomic mass is 16.5. The van der Waals surface area contributed by atoms with Crippen LogP contribution < -0.4 is 10.6 Å². The third-order valence-electron chi connectivity index (χ3n) is 4.27. The summed E-state index contributed by atoms with van der Waals surface area (Å²) in [6, 6.07) is 16.1. The summed E-state index contributed by atoms with van der Waals surface area (Å²) in [7, 11) is 1.76. The summed E-state index contributed by atoms with van der Waals surface area (Å²) in [5.41, 5.74) is 2.03. The van der Waals surface area contributed by atoms with Crippen molar-refractivity contribution in [2.24, 2.45) is 4.99 Å². The molecule has 2 aromatic heterocycles. The molecule has 2 heterocycles. The standard InChI is InChI=1S/C20H26N6O/c1-16(17-9-4-3-5-10-17)27-14-8-12-22-20(21-2)23-15-19-25-24-18-11-6-7-13-26(18)19/h3-7,9-11,13,16H,8,12,14-15H2,1-2H3,(H2,21,22,23). The van der Waals surface area contributed by atoms with Crippen LogP contribution in [0.3, 0.4) is 0 Å². The maximum absolute atomic E-state index is 5.89. The molecule has 0 spiro atoms. The van der Waals surface area contributed by atoms with Gasteiger partial charge < -0.3 is 15.4 Å². The minimum atomic E-state index is 0.102. The summed E-state index contributed by atoms with van der Waals surface area (Å²) in [4.78, 5) is 4.24. The fourth-order valence-corrected chi connectivity index (χ4v) is 2.75. The molecule has 7 nitrogen and oxygen atoms in total. The van der Waals surface area contributed by atoms with Crippen molar-refractivity contribution in [3.63, 3.8) is 0 Å². The van der Waals surface area contributed by atoms with E-state index in [1.165, 1.54) is 5.56 Å². The SMILES string of the molecule is CN=C(NCCCOC(C)c1ccccc1)NCc1nnc2ccccn12. The highest BCUT2D eigenvalue weighted by molar-refractivity contribution is 5.79. The highest BCUT2D eigenvalue weighted by Crippen LogP contribution is 2.15. The lowest BCUT2D eigenvalue weighted by molar-refractivity contribution is 0.0646. The molecule has 27 heavy (non-hydrogen) atoms. The number of fused-ring (bicyclic) bond motifs is 1. The number of aliphatic imine (C=N–C) groups is 1. The Bertz CT molecular complexity index is 861. The van der Waals surface area contributed by atoms with Gasteiger partial charge in [-0.15, -0.1) is 10.2 Å². The molecule has 0 saturated carbocycles. The van der Waals surface area contributed by atoms with Gasteiger partial charge >= 0.3 is 0 Å². The Morgan fingerprint density at radius 1 is 1.11 bits per heavy atom. The molecular weight excluding hydrogens is 340 g/mol. The number of hydrogen-bond acceptors (Lipinski definition) is 4. The summed E-state index contributed by atoms with van der Waals surface area (Å²) in [6.45, 7) is 4.09. The quantitative estimate of drug-likeness (QED) is 0.364. The predicted octanol–water partition coefficient (Wildman–Crippen LogP) is 2.56. The van der Waals surface area contributed by atoms with Crippen molar-refractivity contribution in [1.29, 1.82) is 0 Å². The van der Waals surface area contributed by atoms with E-state index in [4.69, 9.17) is 4.74 Å². The molecule has 0 aliphatic rings. The maximum Gasteiger partial charge on any atom is 0.191 e.